The van der Waals surface area contributed by atoms with E-state index in [0.29, 0.717) is 31.6 Å². The summed E-state index contributed by atoms with van der Waals surface area (Å²) < 4.78 is 15.5. The molecule has 170 valence electrons. The fourth-order valence-electron chi connectivity index (χ4n) is 4.49. The minimum absolute atomic E-state index is 0.0334. The van der Waals surface area contributed by atoms with Gasteiger partial charge in [0.1, 0.15) is 29.3 Å². The number of phenolic OH excluding ortho intramolecular Hbond substituents is 1. The summed E-state index contributed by atoms with van der Waals surface area (Å²) in [5, 5.41) is 19.9. The molecule has 3 heterocycles. The quantitative estimate of drug-likeness (QED) is 0.530. The standard InChI is InChI=1S/C24H24FN5O3/c25-19-3-1-2-4-21(19)30-13-16(12-27-30)11-26-17-10-22-23(32)28-20(24(33)29(22)14-17)9-15-5-7-18(31)8-6-15/h1-8,12-13,17,20,22,26,31H,9-11,14H2,(H,28,32)/t17-,20-,22-/m0/s1. The molecule has 2 saturated heterocycles. The van der Waals surface area contributed by atoms with Crippen LogP contribution in [0.5, 0.6) is 5.75 Å². The molecule has 1 aromatic heterocycles. The van der Waals surface area contributed by atoms with Crippen molar-refractivity contribution in [3.63, 3.8) is 0 Å². The number of rotatable bonds is 6. The number of aromatic nitrogens is 2. The number of piperazine rings is 1. The molecule has 33 heavy (non-hydrogen) atoms. The van der Waals surface area contributed by atoms with Crippen LogP contribution < -0.4 is 10.6 Å². The Kier molecular flexibility index (Phi) is 5.55. The molecule has 3 aromatic rings. The Morgan fingerprint density at radius 3 is 2.70 bits per heavy atom. The van der Waals surface area contributed by atoms with Crippen molar-refractivity contribution < 1.29 is 19.1 Å². The van der Waals surface area contributed by atoms with Crippen LogP contribution in [0, 0.1) is 5.82 Å². The predicted molar refractivity (Wildman–Crippen MR) is 118 cm³/mol. The number of hydrogen-bond donors (Lipinski definition) is 3. The van der Waals surface area contributed by atoms with Crippen LogP contribution in [0.2, 0.25) is 0 Å². The number of benzene rings is 2. The van der Waals surface area contributed by atoms with Crippen LogP contribution in [-0.4, -0.2) is 56.3 Å². The number of halogens is 1. The maximum absolute atomic E-state index is 14.0. The molecule has 2 fully saturated rings. The van der Waals surface area contributed by atoms with Gasteiger partial charge >= 0.3 is 0 Å². The molecule has 5 rings (SSSR count). The van der Waals surface area contributed by atoms with Crippen LogP contribution in [0.3, 0.4) is 0 Å². The molecular formula is C24H24FN5O3. The zero-order chi connectivity index (χ0) is 22.9. The van der Waals surface area contributed by atoms with Crippen molar-refractivity contribution in [1.29, 1.82) is 0 Å². The number of nitrogens with one attached hydrogen (secondary N) is 2. The second-order valence-corrected chi connectivity index (χ2v) is 8.50. The average Bonchev–Trinajstić information content (AvgIpc) is 3.45. The third kappa shape index (κ3) is 4.31. The summed E-state index contributed by atoms with van der Waals surface area (Å²) in [5.74, 6) is -0.427. The number of carbonyl (C=O) groups excluding carboxylic acids is 2. The van der Waals surface area contributed by atoms with Gasteiger partial charge in [-0.1, -0.05) is 24.3 Å². The van der Waals surface area contributed by atoms with Crippen LogP contribution in [0.15, 0.2) is 60.9 Å². The number of para-hydroxylation sites is 1. The summed E-state index contributed by atoms with van der Waals surface area (Å²) >= 11 is 0. The number of phenols is 1. The summed E-state index contributed by atoms with van der Waals surface area (Å²) in [5.41, 5.74) is 2.12. The van der Waals surface area contributed by atoms with Gasteiger partial charge in [-0.05, 0) is 36.2 Å². The van der Waals surface area contributed by atoms with Crippen molar-refractivity contribution in [3.05, 3.63) is 77.9 Å². The lowest BCUT2D eigenvalue weighted by molar-refractivity contribution is -0.147. The van der Waals surface area contributed by atoms with E-state index in [0.717, 1.165) is 11.1 Å². The molecule has 2 amide bonds. The number of aromatic hydroxyl groups is 1. The number of hydrogen-bond acceptors (Lipinski definition) is 5. The van der Waals surface area contributed by atoms with Crippen molar-refractivity contribution in [1.82, 2.24) is 25.3 Å². The van der Waals surface area contributed by atoms with Gasteiger partial charge in [0.2, 0.25) is 11.8 Å². The van der Waals surface area contributed by atoms with Gasteiger partial charge in [-0.3, -0.25) is 9.59 Å². The zero-order valence-electron chi connectivity index (χ0n) is 17.8. The van der Waals surface area contributed by atoms with Gasteiger partial charge in [0.25, 0.3) is 0 Å². The van der Waals surface area contributed by atoms with Crippen LogP contribution in [0.1, 0.15) is 17.5 Å². The first-order valence-corrected chi connectivity index (χ1v) is 10.9. The first-order chi connectivity index (χ1) is 16.0. The van der Waals surface area contributed by atoms with Crippen LogP contribution in [-0.2, 0) is 22.6 Å². The lowest BCUT2D eigenvalue weighted by Gasteiger charge is -2.34. The Hall–Kier alpha value is -3.72. The SMILES string of the molecule is O=C1N[C@@H](Cc2ccc(O)cc2)C(=O)N2C[C@@H](NCc3cnn(-c4ccccc4F)c3)C[C@@H]12. The molecule has 9 heteroatoms. The Bertz CT molecular complexity index is 1180. The van der Waals surface area contributed by atoms with Gasteiger partial charge in [0, 0.05) is 37.3 Å². The lowest BCUT2D eigenvalue weighted by Crippen LogP contribution is -2.61. The fraction of sp³-hybridized carbons (Fsp3) is 0.292. The van der Waals surface area contributed by atoms with E-state index in [1.807, 2.05) is 0 Å². The first-order valence-electron chi connectivity index (χ1n) is 10.9. The van der Waals surface area contributed by atoms with Crippen molar-refractivity contribution in [2.75, 3.05) is 6.54 Å². The van der Waals surface area contributed by atoms with E-state index in [1.54, 1.807) is 59.8 Å². The third-order valence-corrected chi connectivity index (χ3v) is 6.21. The highest BCUT2D eigenvalue weighted by Crippen LogP contribution is 2.24. The van der Waals surface area contributed by atoms with E-state index in [-0.39, 0.29) is 29.4 Å². The Morgan fingerprint density at radius 1 is 1.12 bits per heavy atom. The van der Waals surface area contributed by atoms with E-state index in [4.69, 9.17) is 0 Å². The van der Waals surface area contributed by atoms with Gasteiger partial charge in [-0.2, -0.15) is 5.10 Å². The highest BCUT2D eigenvalue weighted by molar-refractivity contribution is 5.97. The molecule has 3 atom stereocenters. The first kappa shape index (κ1) is 21.1. The fourth-order valence-corrected chi connectivity index (χ4v) is 4.49. The van der Waals surface area contributed by atoms with Gasteiger partial charge in [-0.15, -0.1) is 0 Å². The number of fused-ring (bicyclic) bond motifs is 1. The summed E-state index contributed by atoms with van der Waals surface area (Å²) in [7, 11) is 0. The van der Waals surface area contributed by atoms with Crippen molar-refractivity contribution in [3.8, 4) is 11.4 Å². The zero-order valence-corrected chi connectivity index (χ0v) is 17.8. The molecular weight excluding hydrogens is 425 g/mol. The Morgan fingerprint density at radius 2 is 1.91 bits per heavy atom. The number of nitrogens with zero attached hydrogens (tertiary/aromatic N) is 3. The topological polar surface area (TPSA) is 99.5 Å². The summed E-state index contributed by atoms with van der Waals surface area (Å²) in [6.07, 6.45) is 4.35. The Balaban J connectivity index is 1.20. The molecule has 0 bridgehead atoms. The van der Waals surface area contributed by atoms with E-state index in [1.165, 1.54) is 10.7 Å². The van der Waals surface area contributed by atoms with Gasteiger partial charge < -0.3 is 20.6 Å². The molecule has 0 saturated carbocycles. The summed E-state index contributed by atoms with van der Waals surface area (Å²) in [4.78, 5) is 27.3. The molecule has 0 radical (unpaired) electrons. The second kappa shape index (κ2) is 8.67. The maximum Gasteiger partial charge on any atom is 0.246 e. The molecule has 2 aliphatic heterocycles. The van der Waals surface area contributed by atoms with Crippen LogP contribution >= 0.6 is 0 Å². The monoisotopic (exact) mass is 449 g/mol. The maximum atomic E-state index is 14.0. The summed E-state index contributed by atoms with van der Waals surface area (Å²) in [6.45, 7) is 0.941. The van der Waals surface area contributed by atoms with Gasteiger partial charge in [0.15, 0.2) is 0 Å². The lowest BCUT2D eigenvalue weighted by atomic mass is 10.0. The van der Waals surface area contributed by atoms with Crippen molar-refractivity contribution in [2.45, 2.75) is 37.5 Å². The smallest absolute Gasteiger partial charge is 0.246 e. The van der Waals surface area contributed by atoms with Crippen molar-refractivity contribution in [2.24, 2.45) is 0 Å². The molecule has 2 aromatic carbocycles. The molecule has 8 nitrogen and oxygen atoms in total. The summed E-state index contributed by atoms with van der Waals surface area (Å²) in [6, 6.07) is 11.9. The van der Waals surface area contributed by atoms with E-state index in [2.05, 4.69) is 15.7 Å². The van der Waals surface area contributed by atoms with Crippen LogP contribution in [0.4, 0.5) is 4.39 Å². The van der Waals surface area contributed by atoms with Crippen molar-refractivity contribution >= 4 is 11.8 Å². The highest BCUT2D eigenvalue weighted by Gasteiger charge is 2.46. The normalized spacial score (nSPS) is 22.3. The predicted octanol–water partition coefficient (Wildman–Crippen LogP) is 1.52. The largest absolute Gasteiger partial charge is 0.508 e. The van der Waals surface area contributed by atoms with E-state index >= 15 is 0 Å². The van der Waals surface area contributed by atoms with Crippen LogP contribution in [0.25, 0.3) is 5.69 Å². The molecule has 0 aliphatic carbocycles. The number of carbonyl (C=O) groups is 2. The molecule has 0 unspecified atom stereocenters. The number of amides is 2. The molecule has 3 N–H and O–H groups in total. The average molecular weight is 449 g/mol. The van der Waals surface area contributed by atoms with E-state index in [9.17, 15) is 19.1 Å². The minimum atomic E-state index is -0.615. The second-order valence-electron chi connectivity index (χ2n) is 8.50. The molecule has 0 spiro atoms. The molecule has 2 aliphatic rings. The van der Waals surface area contributed by atoms with Gasteiger partial charge in [0.05, 0.1) is 6.20 Å². The minimum Gasteiger partial charge on any atom is -0.508 e. The third-order valence-electron chi connectivity index (χ3n) is 6.21. The Labute approximate surface area is 190 Å². The van der Waals surface area contributed by atoms with E-state index < -0.39 is 12.1 Å². The highest BCUT2D eigenvalue weighted by atomic mass is 19.1. The van der Waals surface area contributed by atoms with Gasteiger partial charge in [-0.25, -0.2) is 9.07 Å².